The van der Waals surface area contributed by atoms with Crippen molar-refractivity contribution in [1.29, 1.82) is 0 Å². The summed E-state index contributed by atoms with van der Waals surface area (Å²) in [5.74, 6) is -1.82. The maximum absolute atomic E-state index is 13.1. The number of halogens is 7. The van der Waals surface area contributed by atoms with Crippen LogP contribution in [0.15, 0.2) is 36.5 Å². The van der Waals surface area contributed by atoms with Gasteiger partial charge in [-0.25, -0.2) is 4.98 Å². The summed E-state index contributed by atoms with van der Waals surface area (Å²) in [5.41, 5.74) is -1.56. The van der Waals surface area contributed by atoms with Gasteiger partial charge in [-0.05, 0) is 63.8 Å². The minimum atomic E-state index is -4.99. The largest absolute Gasteiger partial charge is 0.573 e. The fraction of sp³-hybridized carbons (Fsp3) is 0.500. The fourth-order valence-corrected chi connectivity index (χ4v) is 5.24. The minimum Gasteiger partial charge on any atom is -0.474 e. The second kappa shape index (κ2) is 11.5. The molecule has 2 N–H and O–H groups in total. The number of hydrogen-bond donors (Lipinski definition) is 2. The number of nitrogens with one attached hydrogen (secondary N) is 2. The number of amides is 2. The molecule has 3 heterocycles. The molecule has 1 aromatic heterocycles. The molecule has 2 fully saturated rings. The molecule has 0 unspecified atom stereocenters. The summed E-state index contributed by atoms with van der Waals surface area (Å²) in [6.07, 6.45) is -5.55. The molecule has 15 heteroatoms. The number of pyridine rings is 1. The lowest BCUT2D eigenvalue weighted by atomic mass is 9.96. The topological polar surface area (TPSA) is 92.8 Å². The number of ether oxygens (including phenoxy) is 2. The summed E-state index contributed by atoms with van der Waals surface area (Å²) in [6, 6.07) is 6.20. The Bertz CT molecular complexity index is 1260. The Hall–Kier alpha value is -3.42. The second-order valence-corrected chi connectivity index (χ2v) is 10.8. The van der Waals surface area contributed by atoms with Crippen LogP contribution >= 0.6 is 11.6 Å². The van der Waals surface area contributed by atoms with E-state index in [1.54, 1.807) is 11.4 Å². The van der Waals surface area contributed by atoms with Crippen LogP contribution in [-0.2, 0) is 4.79 Å². The SMILES string of the molecule is CC(C)(Oc1ccc(Cl)cc1OC(F)(F)F)C(=O)N[C@H]1C[C@H]2CC[C@@H](C1)N2c1ccc(C(=O)NCC(F)(F)F)cn1. The van der Waals surface area contributed by atoms with Gasteiger partial charge in [-0.1, -0.05) is 11.6 Å². The molecule has 0 spiro atoms. The Balaban J connectivity index is 1.37. The van der Waals surface area contributed by atoms with E-state index in [1.165, 1.54) is 38.2 Å². The first kappa shape index (κ1) is 30.5. The predicted octanol–water partition coefficient (Wildman–Crippen LogP) is 5.40. The number of carbonyl (C=O) groups excluding carboxylic acids is 2. The summed E-state index contributed by atoms with van der Waals surface area (Å²) in [7, 11) is 0. The van der Waals surface area contributed by atoms with E-state index in [1.807, 2.05) is 0 Å². The van der Waals surface area contributed by atoms with Crippen LogP contribution < -0.4 is 25.0 Å². The maximum atomic E-state index is 13.1. The zero-order chi connectivity index (χ0) is 30.2. The molecule has 2 aliphatic rings. The summed E-state index contributed by atoms with van der Waals surface area (Å²) >= 11 is 5.80. The molecule has 224 valence electrons. The van der Waals surface area contributed by atoms with Crippen LogP contribution in [0.3, 0.4) is 0 Å². The molecule has 2 bridgehead atoms. The van der Waals surface area contributed by atoms with Crippen molar-refractivity contribution >= 4 is 29.2 Å². The number of rotatable bonds is 8. The Labute approximate surface area is 236 Å². The molecule has 4 rings (SSSR count). The van der Waals surface area contributed by atoms with Gasteiger partial charge in [0.25, 0.3) is 11.8 Å². The Morgan fingerprint density at radius 2 is 1.66 bits per heavy atom. The van der Waals surface area contributed by atoms with Crippen molar-refractivity contribution in [1.82, 2.24) is 15.6 Å². The van der Waals surface area contributed by atoms with Gasteiger partial charge in [0.15, 0.2) is 17.1 Å². The monoisotopic (exact) mass is 608 g/mol. The van der Waals surface area contributed by atoms with Crippen molar-refractivity contribution in [3.8, 4) is 11.5 Å². The molecular formula is C26H27ClF6N4O4. The second-order valence-electron chi connectivity index (χ2n) is 10.4. The van der Waals surface area contributed by atoms with E-state index in [9.17, 15) is 35.9 Å². The molecule has 0 saturated carbocycles. The Morgan fingerprint density at radius 1 is 1.00 bits per heavy atom. The van der Waals surface area contributed by atoms with Gasteiger partial charge in [0.1, 0.15) is 12.4 Å². The molecule has 2 aromatic rings. The average Bonchev–Trinajstić information content (AvgIpc) is 3.12. The number of carbonyl (C=O) groups is 2. The van der Waals surface area contributed by atoms with Gasteiger partial charge >= 0.3 is 12.5 Å². The van der Waals surface area contributed by atoms with E-state index in [4.69, 9.17) is 16.3 Å². The minimum absolute atomic E-state index is 0.000735. The Kier molecular flexibility index (Phi) is 8.53. The highest BCUT2D eigenvalue weighted by molar-refractivity contribution is 6.30. The third kappa shape index (κ3) is 7.86. The van der Waals surface area contributed by atoms with Gasteiger partial charge in [-0.15, -0.1) is 13.2 Å². The first-order chi connectivity index (χ1) is 19.0. The summed E-state index contributed by atoms with van der Waals surface area (Å²) in [6.45, 7) is 1.41. The first-order valence-corrected chi connectivity index (χ1v) is 13.0. The molecule has 0 radical (unpaired) electrons. The first-order valence-electron chi connectivity index (χ1n) is 12.7. The van der Waals surface area contributed by atoms with Crippen LogP contribution in [0, 0.1) is 0 Å². The van der Waals surface area contributed by atoms with Crippen molar-refractivity contribution in [2.45, 2.75) is 75.8 Å². The van der Waals surface area contributed by atoms with Crippen molar-refractivity contribution in [3.63, 3.8) is 0 Å². The summed E-state index contributed by atoms with van der Waals surface area (Å²) < 4.78 is 85.3. The zero-order valence-electron chi connectivity index (χ0n) is 21.9. The average molecular weight is 609 g/mol. The van der Waals surface area contributed by atoms with Crippen LogP contribution in [0.2, 0.25) is 5.02 Å². The van der Waals surface area contributed by atoms with E-state index in [0.29, 0.717) is 18.7 Å². The smallest absolute Gasteiger partial charge is 0.474 e. The number of aromatic nitrogens is 1. The number of hydrogen-bond acceptors (Lipinski definition) is 6. The standard InChI is InChI=1S/C26H27ClF6N4O4/c1-24(2,40-19-7-4-15(27)9-20(19)41-26(31,32)33)23(39)36-16-10-17-5-6-18(11-16)37(17)21-8-3-14(12-34-21)22(38)35-13-25(28,29)30/h3-4,7-9,12,16-18H,5-6,10-11,13H2,1-2H3,(H,35,38)(H,36,39)/t16-,17+,18-. The fourth-order valence-electron chi connectivity index (χ4n) is 5.08. The van der Waals surface area contributed by atoms with Gasteiger partial charge < -0.3 is 25.0 Å². The quantitative estimate of drug-likeness (QED) is 0.390. The lowest BCUT2D eigenvalue weighted by Crippen LogP contribution is -2.55. The summed E-state index contributed by atoms with van der Waals surface area (Å²) in [5, 5.41) is 4.74. The van der Waals surface area contributed by atoms with Crippen LogP contribution in [0.5, 0.6) is 11.5 Å². The number of nitrogens with zero attached hydrogens (tertiary/aromatic N) is 2. The lowest BCUT2D eigenvalue weighted by molar-refractivity contribution is -0.275. The molecule has 8 nitrogen and oxygen atoms in total. The third-order valence-electron chi connectivity index (χ3n) is 6.84. The molecule has 2 saturated heterocycles. The van der Waals surface area contributed by atoms with E-state index in [-0.39, 0.29) is 34.5 Å². The molecule has 2 aliphatic heterocycles. The number of alkyl halides is 6. The van der Waals surface area contributed by atoms with E-state index in [2.05, 4.69) is 19.9 Å². The number of anilines is 1. The van der Waals surface area contributed by atoms with Gasteiger partial charge in [-0.3, -0.25) is 9.59 Å². The van der Waals surface area contributed by atoms with Crippen LogP contribution in [0.4, 0.5) is 32.2 Å². The van der Waals surface area contributed by atoms with Crippen molar-refractivity contribution in [3.05, 3.63) is 47.1 Å². The lowest BCUT2D eigenvalue weighted by Gasteiger charge is -2.40. The van der Waals surface area contributed by atoms with Gasteiger partial charge in [0.05, 0.1) is 5.56 Å². The van der Waals surface area contributed by atoms with Gasteiger partial charge in [-0.2, -0.15) is 13.2 Å². The molecule has 0 aliphatic carbocycles. The zero-order valence-corrected chi connectivity index (χ0v) is 22.7. The van der Waals surface area contributed by atoms with Crippen molar-refractivity contribution in [2.75, 3.05) is 11.4 Å². The molecule has 41 heavy (non-hydrogen) atoms. The van der Waals surface area contributed by atoms with Gasteiger partial charge in [0, 0.05) is 35.4 Å². The van der Waals surface area contributed by atoms with Crippen molar-refractivity contribution < 1.29 is 45.4 Å². The highest BCUT2D eigenvalue weighted by Crippen LogP contribution is 2.40. The van der Waals surface area contributed by atoms with E-state index >= 15 is 0 Å². The highest BCUT2D eigenvalue weighted by Gasteiger charge is 2.43. The number of piperidine rings is 1. The van der Waals surface area contributed by atoms with Crippen LogP contribution in [0.1, 0.15) is 49.9 Å². The van der Waals surface area contributed by atoms with Crippen LogP contribution in [-0.4, -0.2) is 59.6 Å². The molecule has 2 amide bonds. The molecule has 1 aromatic carbocycles. The normalized spacial score (nSPS) is 20.9. The summed E-state index contributed by atoms with van der Waals surface area (Å²) in [4.78, 5) is 31.5. The van der Waals surface area contributed by atoms with Gasteiger partial charge in [0.2, 0.25) is 0 Å². The van der Waals surface area contributed by atoms with E-state index in [0.717, 1.165) is 18.9 Å². The Morgan fingerprint density at radius 3 is 2.22 bits per heavy atom. The predicted molar refractivity (Wildman–Crippen MR) is 136 cm³/mol. The van der Waals surface area contributed by atoms with Crippen molar-refractivity contribution in [2.24, 2.45) is 0 Å². The third-order valence-corrected chi connectivity index (χ3v) is 7.07. The van der Waals surface area contributed by atoms with Crippen LogP contribution in [0.25, 0.3) is 0 Å². The maximum Gasteiger partial charge on any atom is 0.573 e. The highest BCUT2D eigenvalue weighted by atomic mass is 35.5. The molecule has 3 atom stereocenters. The number of benzene rings is 1. The number of fused-ring (bicyclic) bond motifs is 2. The molecular weight excluding hydrogens is 582 g/mol. The van der Waals surface area contributed by atoms with E-state index < -0.39 is 42.2 Å².